The van der Waals surface area contributed by atoms with Crippen LogP contribution in [-0.4, -0.2) is 32.1 Å². The number of hydrogen-bond donors (Lipinski definition) is 2. The summed E-state index contributed by atoms with van der Waals surface area (Å²) in [5, 5.41) is 9.04. The van der Waals surface area contributed by atoms with E-state index in [0.29, 0.717) is 11.3 Å². The predicted octanol–water partition coefficient (Wildman–Crippen LogP) is 3.72. The lowest BCUT2D eigenvalue weighted by atomic mass is 10.2. The highest BCUT2D eigenvalue weighted by molar-refractivity contribution is 5.87. The molecule has 0 aliphatic rings. The highest BCUT2D eigenvalue weighted by Crippen LogP contribution is 2.28. The van der Waals surface area contributed by atoms with Gasteiger partial charge in [-0.25, -0.2) is 14.8 Å². The molecule has 6 heteroatoms. The molecule has 0 bridgehead atoms. The first kappa shape index (κ1) is 15.7. The lowest BCUT2D eigenvalue weighted by Gasteiger charge is -2.28. The number of carboxylic acid groups (broad SMARTS) is 1. The summed E-state index contributed by atoms with van der Waals surface area (Å²) < 4.78 is 0. The average Bonchev–Trinajstić information content (AvgIpc) is 3.06. The number of carboxylic acids is 1. The summed E-state index contributed by atoms with van der Waals surface area (Å²) in [4.78, 5) is 24.5. The number of nitrogens with zero attached hydrogens (tertiary/aromatic N) is 3. The van der Waals surface area contributed by atoms with E-state index in [1.807, 2.05) is 36.4 Å². The number of aromatic carboxylic acids is 1. The van der Waals surface area contributed by atoms with E-state index < -0.39 is 5.97 Å². The zero-order valence-corrected chi connectivity index (χ0v) is 13.5. The molecule has 0 saturated heterocycles. The molecular formula is C18H18N4O2. The molecule has 24 heavy (non-hydrogen) atoms. The number of rotatable bonds is 5. The minimum Gasteiger partial charge on any atom is -0.477 e. The zero-order chi connectivity index (χ0) is 17.1. The van der Waals surface area contributed by atoms with Crippen LogP contribution in [0.5, 0.6) is 0 Å². The summed E-state index contributed by atoms with van der Waals surface area (Å²) in [5.41, 5.74) is 2.56. The topological polar surface area (TPSA) is 82.1 Å². The normalized spacial score (nSPS) is 10.8. The molecule has 0 unspecified atom stereocenters. The summed E-state index contributed by atoms with van der Waals surface area (Å²) in [7, 11) is 0. The maximum absolute atomic E-state index is 11.0. The lowest BCUT2D eigenvalue weighted by molar-refractivity contribution is 0.0691. The molecule has 0 saturated carbocycles. The van der Waals surface area contributed by atoms with Crippen molar-refractivity contribution >= 4 is 17.5 Å². The van der Waals surface area contributed by atoms with Crippen molar-refractivity contribution in [1.29, 1.82) is 0 Å². The van der Waals surface area contributed by atoms with E-state index in [1.165, 1.54) is 6.33 Å². The molecule has 0 fully saturated rings. The van der Waals surface area contributed by atoms with Crippen LogP contribution < -0.4 is 4.90 Å². The maximum Gasteiger partial charge on any atom is 0.352 e. The second-order valence-corrected chi connectivity index (χ2v) is 5.67. The number of para-hydroxylation sites is 1. The van der Waals surface area contributed by atoms with E-state index in [2.05, 4.69) is 33.7 Å². The van der Waals surface area contributed by atoms with Gasteiger partial charge in [0.15, 0.2) is 0 Å². The first-order valence-corrected chi connectivity index (χ1v) is 7.64. The molecule has 0 radical (unpaired) electrons. The van der Waals surface area contributed by atoms with Gasteiger partial charge in [-0.2, -0.15) is 0 Å². The van der Waals surface area contributed by atoms with E-state index in [1.54, 1.807) is 12.3 Å². The van der Waals surface area contributed by atoms with Crippen LogP contribution in [0.2, 0.25) is 0 Å². The fraction of sp³-hybridized carbons (Fsp3) is 0.167. The fourth-order valence-corrected chi connectivity index (χ4v) is 2.59. The highest BCUT2D eigenvalue weighted by Gasteiger charge is 2.16. The van der Waals surface area contributed by atoms with Crippen LogP contribution in [0.1, 0.15) is 24.3 Å². The Hall–Kier alpha value is -3.15. The summed E-state index contributed by atoms with van der Waals surface area (Å²) in [6.45, 7) is 4.18. The van der Waals surface area contributed by atoms with Gasteiger partial charge in [-0.3, -0.25) is 0 Å². The van der Waals surface area contributed by atoms with Gasteiger partial charge in [0.2, 0.25) is 0 Å². The van der Waals surface area contributed by atoms with Crippen molar-refractivity contribution in [2.75, 3.05) is 4.90 Å². The molecule has 6 nitrogen and oxygen atoms in total. The Balaban J connectivity index is 2.00. The van der Waals surface area contributed by atoms with Crippen LogP contribution in [0.3, 0.4) is 0 Å². The number of aromatic amines is 1. The standard InChI is InChI=1S/C18H18N4O2/c1-12(2)22(14-6-4-3-5-7-14)17-9-15(20-11-21-17)13-8-16(18(23)24)19-10-13/h3-12,19H,1-2H3,(H,23,24). The van der Waals surface area contributed by atoms with Crippen molar-refractivity contribution in [3.05, 3.63) is 60.7 Å². The fourth-order valence-electron chi connectivity index (χ4n) is 2.59. The third-order valence-corrected chi connectivity index (χ3v) is 3.66. The summed E-state index contributed by atoms with van der Waals surface area (Å²) in [6, 6.07) is 13.6. The Morgan fingerprint density at radius 1 is 1.17 bits per heavy atom. The number of anilines is 2. The van der Waals surface area contributed by atoms with Gasteiger partial charge in [-0.1, -0.05) is 18.2 Å². The summed E-state index contributed by atoms with van der Waals surface area (Å²) in [6.07, 6.45) is 3.13. The van der Waals surface area contributed by atoms with Crippen molar-refractivity contribution in [3.63, 3.8) is 0 Å². The second kappa shape index (κ2) is 6.54. The number of carbonyl (C=O) groups is 1. The molecule has 0 aliphatic heterocycles. The molecular weight excluding hydrogens is 304 g/mol. The Labute approximate surface area is 139 Å². The number of benzene rings is 1. The lowest BCUT2D eigenvalue weighted by Crippen LogP contribution is -2.26. The molecule has 2 N–H and O–H groups in total. The zero-order valence-electron chi connectivity index (χ0n) is 13.5. The molecule has 3 rings (SSSR count). The van der Waals surface area contributed by atoms with E-state index in [-0.39, 0.29) is 11.7 Å². The molecule has 1 aromatic carbocycles. The van der Waals surface area contributed by atoms with Gasteiger partial charge in [0.1, 0.15) is 17.8 Å². The van der Waals surface area contributed by atoms with Gasteiger partial charge < -0.3 is 15.0 Å². The third-order valence-electron chi connectivity index (χ3n) is 3.66. The van der Waals surface area contributed by atoms with Gasteiger partial charge in [0, 0.05) is 29.6 Å². The number of aromatic nitrogens is 3. The summed E-state index contributed by atoms with van der Waals surface area (Å²) >= 11 is 0. The van der Waals surface area contributed by atoms with E-state index >= 15 is 0 Å². The average molecular weight is 322 g/mol. The number of H-pyrrole nitrogens is 1. The molecule has 0 aliphatic carbocycles. The van der Waals surface area contributed by atoms with Gasteiger partial charge >= 0.3 is 5.97 Å². The van der Waals surface area contributed by atoms with Gasteiger partial charge in [0.05, 0.1) is 5.69 Å². The van der Waals surface area contributed by atoms with Crippen LogP contribution in [0, 0.1) is 0 Å². The van der Waals surface area contributed by atoms with Crippen molar-refractivity contribution in [1.82, 2.24) is 15.0 Å². The maximum atomic E-state index is 11.0. The number of hydrogen-bond acceptors (Lipinski definition) is 4. The molecule has 2 aromatic heterocycles. The monoisotopic (exact) mass is 322 g/mol. The van der Waals surface area contributed by atoms with Gasteiger partial charge in [-0.15, -0.1) is 0 Å². The quantitative estimate of drug-likeness (QED) is 0.748. The Morgan fingerprint density at radius 3 is 2.54 bits per heavy atom. The van der Waals surface area contributed by atoms with Crippen LogP contribution >= 0.6 is 0 Å². The molecule has 122 valence electrons. The summed E-state index contributed by atoms with van der Waals surface area (Å²) in [5.74, 6) is -0.233. The molecule has 0 atom stereocenters. The largest absolute Gasteiger partial charge is 0.477 e. The van der Waals surface area contributed by atoms with Crippen molar-refractivity contribution in [2.45, 2.75) is 19.9 Å². The third kappa shape index (κ3) is 3.12. The molecule has 0 spiro atoms. The second-order valence-electron chi connectivity index (χ2n) is 5.67. The van der Waals surface area contributed by atoms with Crippen LogP contribution in [0.25, 0.3) is 11.3 Å². The van der Waals surface area contributed by atoms with Crippen LogP contribution in [-0.2, 0) is 0 Å². The molecule has 0 amide bonds. The first-order valence-electron chi connectivity index (χ1n) is 7.64. The smallest absolute Gasteiger partial charge is 0.352 e. The van der Waals surface area contributed by atoms with Crippen LogP contribution in [0.15, 0.2) is 55.0 Å². The Kier molecular flexibility index (Phi) is 4.29. The van der Waals surface area contributed by atoms with Gasteiger partial charge in [-0.05, 0) is 32.0 Å². The number of nitrogens with one attached hydrogen (secondary N) is 1. The Morgan fingerprint density at radius 2 is 1.92 bits per heavy atom. The van der Waals surface area contributed by atoms with E-state index in [9.17, 15) is 4.79 Å². The minimum absolute atomic E-state index is 0.133. The van der Waals surface area contributed by atoms with Crippen molar-refractivity contribution < 1.29 is 9.90 Å². The van der Waals surface area contributed by atoms with Gasteiger partial charge in [0.25, 0.3) is 0 Å². The van der Waals surface area contributed by atoms with Crippen LogP contribution in [0.4, 0.5) is 11.5 Å². The van der Waals surface area contributed by atoms with Crippen molar-refractivity contribution in [3.8, 4) is 11.3 Å². The SMILES string of the molecule is CC(C)N(c1ccccc1)c1cc(-c2c[nH]c(C(=O)O)c2)ncn1. The molecule has 3 aromatic rings. The Bertz CT molecular complexity index is 843. The van der Waals surface area contributed by atoms with E-state index in [0.717, 1.165) is 11.5 Å². The first-order chi connectivity index (χ1) is 11.6. The molecule has 2 heterocycles. The predicted molar refractivity (Wildman–Crippen MR) is 92.5 cm³/mol. The van der Waals surface area contributed by atoms with Crippen molar-refractivity contribution in [2.24, 2.45) is 0 Å². The minimum atomic E-state index is -0.997. The highest BCUT2D eigenvalue weighted by atomic mass is 16.4. The van der Waals surface area contributed by atoms with E-state index in [4.69, 9.17) is 5.11 Å².